The quantitative estimate of drug-likeness (QED) is 0.811. The van der Waals surface area contributed by atoms with Crippen LogP contribution >= 0.6 is 11.3 Å². The van der Waals surface area contributed by atoms with Gasteiger partial charge in [0.05, 0.1) is 0 Å². The van der Waals surface area contributed by atoms with Crippen LogP contribution in [0.15, 0.2) is 16.3 Å². The molecule has 2 rings (SSSR count). The van der Waals surface area contributed by atoms with Crippen LogP contribution in [0.2, 0.25) is 0 Å². The lowest BCUT2D eigenvalue weighted by Crippen LogP contribution is -2.51. The third-order valence-corrected chi connectivity index (χ3v) is 5.53. The number of nitrogens with zero attached hydrogens (tertiary/aromatic N) is 1. The number of hydrogen-bond acceptors (Lipinski definition) is 5. The summed E-state index contributed by atoms with van der Waals surface area (Å²) in [4.78, 5) is 10.5. The molecule has 6 nitrogen and oxygen atoms in total. The maximum absolute atomic E-state index is 12.0. The molecule has 1 aliphatic heterocycles. The average Bonchev–Trinajstić information content (AvgIpc) is 2.64. The number of aromatic carboxylic acids is 1. The van der Waals surface area contributed by atoms with Gasteiger partial charge in [0.15, 0.2) is 0 Å². The second kappa shape index (κ2) is 4.37. The predicted molar refractivity (Wildman–Crippen MR) is 60.6 cm³/mol. The van der Waals surface area contributed by atoms with Crippen molar-refractivity contribution in [3.8, 4) is 0 Å². The SMILES string of the molecule is O=C(O)c1sccc1S(=O)(=O)N1CC(CO)C1. The Labute approximate surface area is 102 Å². The van der Waals surface area contributed by atoms with E-state index in [9.17, 15) is 13.2 Å². The van der Waals surface area contributed by atoms with Crippen LogP contribution in [-0.2, 0) is 10.0 Å². The molecule has 1 aromatic rings. The first-order chi connectivity index (χ1) is 7.96. The molecule has 0 amide bonds. The van der Waals surface area contributed by atoms with Gasteiger partial charge in [-0.1, -0.05) is 0 Å². The molecule has 0 spiro atoms. The van der Waals surface area contributed by atoms with Crippen molar-refractivity contribution in [2.24, 2.45) is 5.92 Å². The first kappa shape index (κ1) is 12.5. The van der Waals surface area contributed by atoms with E-state index in [0.29, 0.717) is 0 Å². The van der Waals surface area contributed by atoms with Gasteiger partial charge in [-0.05, 0) is 11.4 Å². The summed E-state index contributed by atoms with van der Waals surface area (Å²) >= 11 is 0.888. The molecular weight excluding hydrogens is 266 g/mol. The zero-order valence-corrected chi connectivity index (χ0v) is 10.4. The first-order valence-electron chi connectivity index (χ1n) is 4.88. The van der Waals surface area contributed by atoms with Crippen LogP contribution in [-0.4, -0.2) is 48.6 Å². The number of sulfonamides is 1. The molecule has 0 atom stereocenters. The van der Waals surface area contributed by atoms with Gasteiger partial charge in [0.1, 0.15) is 9.77 Å². The summed E-state index contributed by atoms with van der Waals surface area (Å²) in [6, 6.07) is 1.30. The Balaban J connectivity index is 2.27. The van der Waals surface area contributed by atoms with Gasteiger partial charge < -0.3 is 10.2 Å². The fraction of sp³-hybridized carbons (Fsp3) is 0.444. The van der Waals surface area contributed by atoms with Gasteiger partial charge in [0, 0.05) is 25.6 Å². The molecule has 17 heavy (non-hydrogen) atoms. The number of carboxylic acids is 1. The van der Waals surface area contributed by atoms with Gasteiger partial charge >= 0.3 is 5.97 Å². The zero-order chi connectivity index (χ0) is 12.6. The average molecular weight is 277 g/mol. The molecule has 0 aliphatic carbocycles. The van der Waals surface area contributed by atoms with Crippen LogP contribution in [0.4, 0.5) is 0 Å². The van der Waals surface area contributed by atoms with Crippen LogP contribution in [0.1, 0.15) is 9.67 Å². The summed E-state index contributed by atoms with van der Waals surface area (Å²) in [5.74, 6) is -1.28. The first-order valence-corrected chi connectivity index (χ1v) is 7.20. The van der Waals surface area contributed by atoms with Crippen LogP contribution in [0, 0.1) is 5.92 Å². The minimum absolute atomic E-state index is 0.0447. The predicted octanol–water partition coefficient (Wildman–Crippen LogP) is 0.0591. The van der Waals surface area contributed by atoms with E-state index < -0.39 is 16.0 Å². The van der Waals surface area contributed by atoms with Crippen LogP contribution in [0.25, 0.3) is 0 Å². The monoisotopic (exact) mass is 277 g/mol. The largest absolute Gasteiger partial charge is 0.477 e. The van der Waals surface area contributed by atoms with E-state index in [1.807, 2.05) is 0 Å². The van der Waals surface area contributed by atoms with E-state index >= 15 is 0 Å². The number of thiophene rings is 1. The molecular formula is C9H11NO5S2. The normalized spacial score (nSPS) is 17.9. The summed E-state index contributed by atoms with van der Waals surface area (Å²) in [7, 11) is -3.73. The molecule has 0 aromatic carbocycles. The number of carboxylic acid groups (broad SMARTS) is 1. The van der Waals surface area contributed by atoms with Crippen LogP contribution in [0.5, 0.6) is 0 Å². The third kappa shape index (κ3) is 2.08. The molecule has 94 valence electrons. The maximum Gasteiger partial charge on any atom is 0.347 e. The van der Waals surface area contributed by atoms with E-state index in [1.165, 1.54) is 15.8 Å². The van der Waals surface area contributed by atoms with E-state index in [-0.39, 0.29) is 35.4 Å². The number of rotatable bonds is 4. The van der Waals surface area contributed by atoms with Gasteiger partial charge in [0.2, 0.25) is 10.0 Å². The third-order valence-electron chi connectivity index (χ3n) is 2.62. The van der Waals surface area contributed by atoms with Crippen molar-refractivity contribution < 1.29 is 23.4 Å². The van der Waals surface area contributed by atoms with Gasteiger partial charge in [0.25, 0.3) is 0 Å². The summed E-state index contributed by atoms with van der Waals surface area (Å²) in [5.41, 5.74) is 0. The Morgan fingerprint density at radius 1 is 1.53 bits per heavy atom. The van der Waals surface area contributed by atoms with Crippen LogP contribution in [0.3, 0.4) is 0 Å². The highest BCUT2D eigenvalue weighted by Crippen LogP contribution is 2.29. The minimum Gasteiger partial charge on any atom is -0.477 e. The van der Waals surface area contributed by atoms with Crippen LogP contribution < -0.4 is 0 Å². The molecule has 0 bridgehead atoms. The van der Waals surface area contributed by atoms with Gasteiger partial charge in [-0.15, -0.1) is 11.3 Å². The van der Waals surface area contributed by atoms with Crippen molar-refractivity contribution in [3.05, 3.63) is 16.3 Å². The van der Waals surface area contributed by atoms with Gasteiger partial charge in [-0.25, -0.2) is 13.2 Å². The molecule has 1 aromatic heterocycles. The Hall–Kier alpha value is -0.960. The van der Waals surface area contributed by atoms with Crippen molar-refractivity contribution >= 4 is 27.3 Å². The molecule has 2 N–H and O–H groups in total. The molecule has 2 heterocycles. The zero-order valence-electron chi connectivity index (χ0n) is 8.74. The Bertz CT molecular complexity index is 529. The van der Waals surface area contributed by atoms with E-state index in [0.717, 1.165) is 11.3 Å². The molecule has 8 heteroatoms. The molecule has 1 saturated heterocycles. The van der Waals surface area contributed by atoms with Crippen molar-refractivity contribution in [2.45, 2.75) is 4.90 Å². The molecule has 0 unspecified atom stereocenters. The Morgan fingerprint density at radius 2 is 2.18 bits per heavy atom. The number of aliphatic hydroxyl groups is 1. The second-order valence-corrected chi connectivity index (χ2v) is 6.61. The summed E-state index contributed by atoms with van der Waals surface area (Å²) in [6.07, 6.45) is 0. The smallest absolute Gasteiger partial charge is 0.347 e. The fourth-order valence-electron chi connectivity index (χ4n) is 1.63. The maximum atomic E-state index is 12.0. The van der Waals surface area contributed by atoms with Gasteiger partial charge in [-0.3, -0.25) is 0 Å². The van der Waals surface area contributed by atoms with Crippen molar-refractivity contribution in [1.29, 1.82) is 0 Å². The summed E-state index contributed by atoms with van der Waals surface area (Å²) in [5, 5.41) is 19.1. The van der Waals surface area contributed by atoms with E-state index in [1.54, 1.807) is 0 Å². The van der Waals surface area contributed by atoms with Crippen molar-refractivity contribution in [3.63, 3.8) is 0 Å². The van der Waals surface area contributed by atoms with E-state index in [4.69, 9.17) is 10.2 Å². The molecule has 1 fully saturated rings. The number of aliphatic hydroxyl groups excluding tert-OH is 1. The second-order valence-electron chi connectivity index (χ2n) is 3.79. The highest BCUT2D eigenvalue weighted by atomic mass is 32.2. The standard InChI is InChI=1S/C9H11NO5S2/c11-5-6-3-10(4-6)17(14,15)7-1-2-16-8(7)9(12)13/h1-2,6,11H,3-5H2,(H,12,13). The summed E-state index contributed by atoms with van der Waals surface area (Å²) < 4.78 is 25.3. The van der Waals surface area contributed by atoms with Crippen molar-refractivity contribution in [2.75, 3.05) is 19.7 Å². The Kier molecular flexibility index (Phi) is 3.21. The lowest BCUT2D eigenvalue weighted by molar-refractivity contribution is 0.0697. The van der Waals surface area contributed by atoms with Crippen molar-refractivity contribution in [1.82, 2.24) is 4.31 Å². The highest BCUT2D eigenvalue weighted by molar-refractivity contribution is 7.89. The van der Waals surface area contributed by atoms with Gasteiger partial charge in [-0.2, -0.15) is 4.31 Å². The number of carbonyl (C=O) groups is 1. The summed E-state index contributed by atoms with van der Waals surface area (Å²) in [6.45, 7) is 0.433. The number of hydrogen-bond donors (Lipinski definition) is 2. The van der Waals surface area contributed by atoms with E-state index in [2.05, 4.69) is 0 Å². The Morgan fingerprint density at radius 3 is 2.71 bits per heavy atom. The lowest BCUT2D eigenvalue weighted by Gasteiger charge is -2.36. The fourth-order valence-corrected chi connectivity index (χ4v) is 4.46. The molecule has 0 saturated carbocycles. The minimum atomic E-state index is -3.73. The highest BCUT2D eigenvalue weighted by Gasteiger charge is 2.38. The molecule has 0 radical (unpaired) electrons. The topological polar surface area (TPSA) is 94.9 Å². The lowest BCUT2D eigenvalue weighted by atomic mass is 10.1. The molecule has 1 aliphatic rings.